The summed E-state index contributed by atoms with van der Waals surface area (Å²) in [4.78, 5) is 36.1. The van der Waals surface area contributed by atoms with Crippen molar-refractivity contribution in [2.75, 3.05) is 11.9 Å². The number of rotatable bonds is 7. The number of carboxylic acids is 1. The van der Waals surface area contributed by atoms with Crippen LogP contribution in [-0.2, 0) is 20.7 Å². The average Bonchev–Trinajstić information content (AvgIpc) is 3.16. The van der Waals surface area contributed by atoms with E-state index in [-0.39, 0.29) is 18.9 Å². The Morgan fingerprint density at radius 3 is 1.97 bits per heavy atom. The van der Waals surface area contributed by atoms with Gasteiger partial charge in [-0.25, -0.2) is 14.4 Å². The zero-order valence-corrected chi connectivity index (χ0v) is 21.0. The summed E-state index contributed by atoms with van der Waals surface area (Å²) in [5, 5.41) is 14.6. The molecule has 0 heterocycles. The Hall–Kier alpha value is -4.33. The highest BCUT2D eigenvalue weighted by Gasteiger charge is 2.29. The molecule has 1 aliphatic rings. The fourth-order valence-corrected chi connectivity index (χ4v) is 4.36. The second-order valence-electron chi connectivity index (χ2n) is 9.89. The normalized spacial score (nSPS) is 13.2. The van der Waals surface area contributed by atoms with E-state index in [9.17, 15) is 19.5 Å². The van der Waals surface area contributed by atoms with Gasteiger partial charge in [-0.15, -0.1) is 0 Å². The number of anilines is 1. The fraction of sp³-hybridized carbons (Fsp3) is 0.276. The van der Waals surface area contributed by atoms with Gasteiger partial charge in [-0.3, -0.25) is 5.32 Å². The summed E-state index contributed by atoms with van der Waals surface area (Å²) in [7, 11) is 0. The number of hydrogen-bond donors (Lipinski definition) is 3. The third-order valence-electron chi connectivity index (χ3n) is 5.97. The first kappa shape index (κ1) is 25.8. The summed E-state index contributed by atoms with van der Waals surface area (Å²) >= 11 is 0. The van der Waals surface area contributed by atoms with E-state index in [0.29, 0.717) is 11.3 Å². The van der Waals surface area contributed by atoms with Crippen molar-refractivity contribution in [3.63, 3.8) is 0 Å². The van der Waals surface area contributed by atoms with Crippen LogP contribution in [0.5, 0.6) is 0 Å². The first-order valence-corrected chi connectivity index (χ1v) is 12.0. The van der Waals surface area contributed by atoms with Crippen LogP contribution in [0, 0.1) is 0 Å². The minimum atomic E-state index is -1.17. The molecule has 0 radical (unpaired) electrons. The zero-order valence-electron chi connectivity index (χ0n) is 21.0. The Bertz CT molecular complexity index is 1250. The van der Waals surface area contributed by atoms with Gasteiger partial charge >= 0.3 is 18.2 Å². The topological polar surface area (TPSA) is 114 Å². The maximum Gasteiger partial charge on any atom is 0.411 e. The molecule has 3 aromatic carbocycles. The number of hydrogen-bond acceptors (Lipinski definition) is 5. The molecule has 0 bridgehead atoms. The molecule has 192 valence electrons. The molecule has 8 nitrogen and oxygen atoms in total. The van der Waals surface area contributed by atoms with Gasteiger partial charge in [0.1, 0.15) is 18.2 Å². The van der Waals surface area contributed by atoms with E-state index in [2.05, 4.69) is 34.9 Å². The average molecular weight is 503 g/mol. The predicted molar refractivity (Wildman–Crippen MR) is 140 cm³/mol. The summed E-state index contributed by atoms with van der Waals surface area (Å²) in [6, 6.07) is 21.8. The molecule has 0 fully saturated rings. The van der Waals surface area contributed by atoms with Crippen LogP contribution in [0.2, 0.25) is 0 Å². The molecule has 0 aliphatic heterocycles. The van der Waals surface area contributed by atoms with Crippen molar-refractivity contribution < 1.29 is 29.0 Å². The van der Waals surface area contributed by atoms with Gasteiger partial charge in [0.25, 0.3) is 0 Å². The first-order valence-electron chi connectivity index (χ1n) is 12.0. The molecular weight excluding hydrogens is 472 g/mol. The molecule has 4 rings (SSSR count). The molecule has 1 unspecified atom stereocenters. The van der Waals surface area contributed by atoms with Crippen LogP contribution in [0.1, 0.15) is 43.4 Å². The van der Waals surface area contributed by atoms with Crippen molar-refractivity contribution in [3.05, 3.63) is 89.5 Å². The van der Waals surface area contributed by atoms with E-state index in [1.54, 1.807) is 45.0 Å². The molecule has 2 amide bonds. The maximum absolute atomic E-state index is 12.5. The lowest BCUT2D eigenvalue weighted by Crippen LogP contribution is -2.44. The van der Waals surface area contributed by atoms with Crippen molar-refractivity contribution in [1.29, 1.82) is 0 Å². The van der Waals surface area contributed by atoms with Gasteiger partial charge in [0.05, 0.1) is 0 Å². The quantitative estimate of drug-likeness (QED) is 0.389. The Morgan fingerprint density at radius 2 is 1.43 bits per heavy atom. The van der Waals surface area contributed by atoms with Gasteiger partial charge in [-0.1, -0.05) is 60.7 Å². The molecule has 37 heavy (non-hydrogen) atoms. The molecule has 1 atom stereocenters. The molecule has 0 saturated carbocycles. The summed E-state index contributed by atoms with van der Waals surface area (Å²) in [5.41, 5.74) is 5.02. The lowest BCUT2D eigenvalue weighted by Gasteiger charge is -2.22. The zero-order chi connectivity index (χ0) is 26.6. The Morgan fingerprint density at radius 1 is 0.865 bits per heavy atom. The monoisotopic (exact) mass is 502 g/mol. The lowest BCUT2D eigenvalue weighted by atomic mass is 9.98. The van der Waals surface area contributed by atoms with Crippen LogP contribution < -0.4 is 10.6 Å². The van der Waals surface area contributed by atoms with E-state index in [0.717, 1.165) is 22.3 Å². The number of fused-ring (bicyclic) bond motifs is 3. The standard InChI is InChI=1S/C29H30N2O6/c1-29(2,3)37-28(35)31-25(26(32)33)16-18-12-14-19(15-13-18)30-27(34)36-17-24-22-10-6-4-8-20(22)21-9-5-7-11-23(21)24/h4-15,24-25H,16-17H2,1-3H3,(H,30,34)(H,31,35)(H,32,33). The van der Waals surface area contributed by atoms with E-state index in [1.807, 2.05) is 24.3 Å². The van der Waals surface area contributed by atoms with Crippen LogP contribution in [-0.4, -0.2) is 41.5 Å². The largest absolute Gasteiger partial charge is 0.480 e. The summed E-state index contributed by atoms with van der Waals surface area (Å²) in [6.07, 6.45) is -1.32. The third kappa shape index (κ3) is 6.46. The number of carbonyl (C=O) groups is 3. The summed E-state index contributed by atoms with van der Waals surface area (Å²) < 4.78 is 10.7. The number of aliphatic carboxylic acids is 1. The van der Waals surface area contributed by atoms with Crippen LogP contribution >= 0.6 is 0 Å². The molecule has 1 aliphatic carbocycles. The number of ether oxygens (including phenoxy) is 2. The number of nitrogens with one attached hydrogen (secondary N) is 2. The van der Waals surface area contributed by atoms with Crippen molar-refractivity contribution in [2.45, 2.75) is 44.8 Å². The molecule has 3 aromatic rings. The van der Waals surface area contributed by atoms with Crippen molar-refractivity contribution in [1.82, 2.24) is 5.32 Å². The molecule has 0 saturated heterocycles. The van der Waals surface area contributed by atoms with Crippen molar-refractivity contribution >= 4 is 23.8 Å². The maximum atomic E-state index is 12.5. The number of carbonyl (C=O) groups excluding carboxylic acids is 2. The van der Waals surface area contributed by atoms with E-state index >= 15 is 0 Å². The van der Waals surface area contributed by atoms with Gasteiger partial charge in [-0.05, 0) is 60.7 Å². The minimum absolute atomic E-state index is 0.0362. The molecule has 8 heteroatoms. The number of amides is 2. The van der Waals surface area contributed by atoms with Crippen LogP contribution in [0.4, 0.5) is 15.3 Å². The highest BCUT2D eigenvalue weighted by Crippen LogP contribution is 2.44. The fourth-order valence-electron chi connectivity index (χ4n) is 4.36. The van der Waals surface area contributed by atoms with E-state index < -0.39 is 29.8 Å². The molecule has 3 N–H and O–H groups in total. The number of carboxylic acid groups (broad SMARTS) is 1. The van der Waals surface area contributed by atoms with Crippen molar-refractivity contribution in [3.8, 4) is 11.1 Å². The summed E-state index contributed by atoms with van der Waals surface area (Å²) in [5.74, 6) is -1.21. The van der Waals surface area contributed by atoms with Crippen LogP contribution in [0.25, 0.3) is 11.1 Å². The van der Waals surface area contributed by atoms with Gasteiger partial charge in [0.15, 0.2) is 0 Å². The summed E-state index contributed by atoms with van der Waals surface area (Å²) in [6.45, 7) is 5.30. The second-order valence-corrected chi connectivity index (χ2v) is 9.89. The Labute approximate surface area is 215 Å². The number of benzene rings is 3. The Kier molecular flexibility index (Phi) is 7.47. The highest BCUT2D eigenvalue weighted by atomic mass is 16.6. The number of alkyl carbamates (subject to hydrolysis) is 1. The SMILES string of the molecule is CC(C)(C)OC(=O)NC(Cc1ccc(NC(=O)OCC2c3ccccc3-c3ccccc32)cc1)C(=O)O. The van der Waals surface area contributed by atoms with E-state index in [1.165, 1.54) is 0 Å². The van der Waals surface area contributed by atoms with Gasteiger partial charge < -0.3 is 19.9 Å². The van der Waals surface area contributed by atoms with Crippen LogP contribution in [0.15, 0.2) is 72.8 Å². The minimum Gasteiger partial charge on any atom is -0.480 e. The second kappa shape index (κ2) is 10.7. The highest BCUT2D eigenvalue weighted by molar-refractivity contribution is 5.85. The van der Waals surface area contributed by atoms with Gasteiger partial charge in [0, 0.05) is 18.0 Å². The molecular formula is C29H30N2O6. The smallest absolute Gasteiger partial charge is 0.411 e. The first-order chi connectivity index (χ1) is 17.6. The van der Waals surface area contributed by atoms with Crippen LogP contribution in [0.3, 0.4) is 0 Å². The lowest BCUT2D eigenvalue weighted by molar-refractivity contribution is -0.139. The van der Waals surface area contributed by atoms with E-state index in [4.69, 9.17) is 9.47 Å². The predicted octanol–water partition coefficient (Wildman–Crippen LogP) is 5.57. The third-order valence-corrected chi connectivity index (χ3v) is 5.97. The van der Waals surface area contributed by atoms with Crippen molar-refractivity contribution in [2.24, 2.45) is 0 Å². The van der Waals surface area contributed by atoms with Gasteiger partial charge in [-0.2, -0.15) is 0 Å². The molecule has 0 spiro atoms. The molecule has 0 aromatic heterocycles. The Balaban J connectivity index is 1.33. The van der Waals surface area contributed by atoms with Gasteiger partial charge in [0.2, 0.25) is 0 Å².